The number of non-ortho nitro benzene ring substituents is 1. The predicted molar refractivity (Wildman–Crippen MR) is 94.8 cm³/mol. The lowest BCUT2D eigenvalue weighted by Gasteiger charge is -2.16. The Morgan fingerprint density at radius 1 is 1.11 bits per heavy atom. The fourth-order valence-corrected chi connectivity index (χ4v) is 2.42. The number of aromatic hydroxyl groups is 1. The van der Waals surface area contributed by atoms with E-state index in [9.17, 15) is 34.9 Å². The molecule has 11 heteroatoms. The standard InChI is InChI=1S/C17H15N3O8/c1-28-17(23)14(8-10-2-5-12(21)6-3-10)18-16(22)13-7-4-11(19(24)25)9-15(13)20(26)27/h2-7,9,14,21H,8H2,1H3,(H,18,22). The Bertz CT molecular complexity index is 926. The second-order valence-corrected chi connectivity index (χ2v) is 5.64. The Balaban J connectivity index is 2.30. The Hall–Kier alpha value is -4.02. The van der Waals surface area contributed by atoms with Crippen molar-refractivity contribution in [2.75, 3.05) is 7.11 Å². The van der Waals surface area contributed by atoms with E-state index in [1.54, 1.807) is 0 Å². The number of benzene rings is 2. The summed E-state index contributed by atoms with van der Waals surface area (Å²) in [6.45, 7) is 0. The summed E-state index contributed by atoms with van der Waals surface area (Å²) < 4.78 is 4.65. The van der Waals surface area contributed by atoms with Gasteiger partial charge in [-0.2, -0.15) is 0 Å². The van der Waals surface area contributed by atoms with E-state index in [-0.39, 0.29) is 12.2 Å². The molecule has 0 saturated heterocycles. The van der Waals surface area contributed by atoms with Crippen molar-refractivity contribution in [3.8, 4) is 5.75 Å². The van der Waals surface area contributed by atoms with E-state index in [0.717, 1.165) is 19.2 Å². The number of nitro benzene ring substituents is 2. The molecule has 2 aromatic rings. The Kier molecular flexibility index (Phi) is 6.22. The highest BCUT2D eigenvalue weighted by Crippen LogP contribution is 2.25. The normalized spacial score (nSPS) is 11.3. The van der Waals surface area contributed by atoms with Crippen LogP contribution in [0.15, 0.2) is 42.5 Å². The number of carbonyl (C=O) groups excluding carboxylic acids is 2. The van der Waals surface area contributed by atoms with Gasteiger partial charge < -0.3 is 15.2 Å². The number of hydrogen-bond donors (Lipinski definition) is 2. The van der Waals surface area contributed by atoms with Gasteiger partial charge in [0.15, 0.2) is 0 Å². The number of hydrogen-bond acceptors (Lipinski definition) is 8. The molecule has 1 atom stereocenters. The zero-order valence-corrected chi connectivity index (χ0v) is 14.5. The summed E-state index contributed by atoms with van der Waals surface area (Å²) in [6.07, 6.45) is -0.000524. The average Bonchev–Trinajstić information content (AvgIpc) is 2.67. The first-order chi connectivity index (χ1) is 13.2. The van der Waals surface area contributed by atoms with Crippen LogP contribution in [0.4, 0.5) is 11.4 Å². The number of nitrogens with one attached hydrogen (secondary N) is 1. The molecule has 0 saturated carbocycles. The van der Waals surface area contributed by atoms with Gasteiger partial charge in [0, 0.05) is 12.5 Å². The maximum absolute atomic E-state index is 12.5. The third kappa shape index (κ3) is 4.78. The second-order valence-electron chi connectivity index (χ2n) is 5.64. The number of amides is 1. The summed E-state index contributed by atoms with van der Waals surface area (Å²) in [5, 5.41) is 33.6. The minimum atomic E-state index is -1.17. The van der Waals surface area contributed by atoms with Crippen molar-refractivity contribution in [1.82, 2.24) is 5.32 Å². The number of phenols is 1. The van der Waals surface area contributed by atoms with E-state index in [0.29, 0.717) is 11.6 Å². The Morgan fingerprint density at radius 3 is 2.29 bits per heavy atom. The van der Waals surface area contributed by atoms with Crippen LogP contribution < -0.4 is 5.32 Å². The molecule has 28 heavy (non-hydrogen) atoms. The number of nitro groups is 2. The maximum atomic E-state index is 12.5. The van der Waals surface area contributed by atoms with Crippen LogP contribution in [0.5, 0.6) is 5.75 Å². The highest BCUT2D eigenvalue weighted by Gasteiger charge is 2.28. The fourth-order valence-electron chi connectivity index (χ4n) is 2.42. The first kappa shape index (κ1) is 20.3. The average molecular weight is 389 g/mol. The molecule has 0 bridgehead atoms. The molecule has 0 aliphatic rings. The van der Waals surface area contributed by atoms with Gasteiger partial charge in [-0.3, -0.25) is 25.0 Å². The van der Waals surface area contributed by atoms with Crippen molar-refractivity contribution in [2.24, 2.45) is 0 Å². The molecular weight excluding hydrogens is 374 g/mol. The largest absolute Gasteiger partial charge is 0.508 e. The zero-order chi connectivity index (χ0) is 20.8. The molecule has 0 fully saturated rings. The molecule has 146 valence electrons. The minimum Gasteiger partial charge on any atom is -0.508 e. The molecule has 2 aromatic carbocycles. The van der Waals surface area contributed by atoms with Crippen LogP contribution in [0.1, 0.15) is 15.9 Å². The Labute approximate surface area is 157 Å². The molecule has 1 unspecified atom stereocenters. The topological polar surface area (TPSA) is 162 Å². The summed E-state index contributed by atoms with van der Waals surface area (Å²) in [5.41, 5.74) is -1.15. The SMILES string of the molecule is COC(=O)C(Cc1ccc(O)cc1)NC(=O)c1ccc([N+](=O)[O-])cc1[N+](=O)[O-]. The zero-order valence-electron chi connectivity index (χ0n) is 14.5. The minimum absolute atomic E-state index is 0.000524. The quantitative estimate of drug-likeness (QED) is 0.411. The van der Waals surface area contributed by atoms with Gasteiger partial charge in [0.05, 0.1) is 23.0 Å². The lowest BCUT2D eigenvalue weighted by atomic mass is 10.0. The molecule has 0 radical (unpaired) electrons. The van der Waals surface area contributed by atoms with Crippen molar-refractivity contribution in [3.63, 3.8) is 0 Å². The van der Waals surface area contributed by atoms with E-state index in [1.165, 1.54) is 24.3 Å². The van der Waals surface area contributed by atoms with Crippen LogP contribution >= 0.6 is 0 Å². The smallest absolute Gasteiger partial charge is 0.328 e. The van der Waals surface area contributed by atoms with Gasteiger partial charge >= 0.3 is 5.97 Å². The number of nitrogens with zero attached hydrogens (tertiary/aromatic N) is 2. The molecule has 0 aliphatic carbocycles. The van der Waals surface area contributed by atoms with Crippen LogP contribution in [-0.4, -0.2) is 40.0 Å². The molecular formula is C17H15N3O8. The van der Waals surface area contributed by atoms with Gasteiger partial charge in [0.25, 0.3) is 17.3 Å². The van der Waals surface area contributed by atoms with Gasteiger partial charge in [-0.25, -0.2) is 4.79 Å². The summed E-state index contributed by atoms with van der Waals surface area (Å²) in [6, 6.07) is 7.26. The highest BCUT2D eigenvalue weighted by molar-refractivity contribution is 6.00. The lowest BCUT2D eigenvalue weighted by Crippen LogP contribution is -2.43. The molecule has 2 N–H and O–H groups in total. The summed E-state index contributed by atoms with van der Waals surface area (Å²) in [5.74, 6) is -1.73. The predicted octanol–water partition coefficient (Wildman–Crippen LogP) is 1.72. The van der Waals surface area contributed by atoms with E-state index in [2.05, 4.69) is 10.1 Å². The first-order valence-electron chi connectivity index (χ1n) is 7.82. The van der Waals surface area contributed by atoms with Crippen molar-refractivity contribution >= 4 is 23.3 Å². The van der Waals surface area contributed by atoms with Gasteiger partial charge in [0.2, 0.25) is 0 Å². The van der Waals surface area contributed by atoms with Crippen LogP contribution in [0, 0.1) is 20.2 Å². The van der Waals surface area contributed by atoms with E-state index >= 15 is 0 Å². The first-order valence-corrected chi connectivity index (χ1v) is 7.82. The van der Waals surface area contributed by atoms with Crippen LogP contribution in [0.25, 0.3) is 0 Å². The molecule has 11 nitrogen and oxygen atoms in total. The third-order valence-corrected chi connectivity index (χ3v) is 3.80. The van der Waals surface area contributed by atoms with Crippen LogP contribution in [0.3, 0.4) is 0 Å². The van der Waals surface area contributed by atoms with Gasteiger partial charge in [-0.05, 0) is 23.8 Å². The van der Waals surface area contributed by atoms with Crippen molar-refractivity contribution in [2.45, 2.75) is 12.5 Å². The summed E-state index contributed by atoms with van der Waals surface area (Å²) in [7, 11) is 1.12. The fraction of sp³-hybridized carbons (Fsp3) is 0.176. The summed E-state index contributed by atoms with van der Waals surface area (Å²) in [4.78, 5) is 44.7. The van der Waals surface area contributed by atoms with E-state index < -0.39 is 44.7 Å². The third-order valence-electron chi connectivity index (χ3n) is 3.80. The van der Waals surface area contributed by atoms with E-state index in [4.69, 9.17) is 0 Å². The number of rotatable bonds is 7. The van der Waals surface area contributed by atoms with Crippen LogP contribution in [0.2, 0.25) is 0 Å². The molecule has 0 aliphatic heterocycles. The molecule has 2 rings (SSSR count). The highest BCUT2D eigenvalue weighted by atomic mass is 16.6. The lowest BCUT2D eigenvalue weighted by molar-refractivity contribution is -0.394. The molecule has 0 spiro atoms. The number of carbonyl (C=O) groups is 2. The van der Waals surface area contributed by atoms with Gasteiger partial charge in [-0.1, -0.05) is 12.1 Å². The number of ether oxygens (including phenoxy) is 1. The van der Waals surface area contributed by atoms with Gasteiger partial charge in [0.1, 0.15) is 17.4 Å². The van der Waals surface area contributed by atoms with E-state index in [1.807, 2.05) is 0 Å². The molecule has 0 heterocycles. The number of methoxy groups -OCH3 is 1. The molecule has 0 aromatic heterocycles. The summed E-state index contributed by atoms with van der Waals surface area (Å²) >= 11 is 0. The number of phenolic OH excluding ortho intramolecular Hbond substituents is 1. The second kappa shape index (κ2) is 8.58. The molecule has 1 amide bonds. The monoisotopic (exact) mass is 389 g/mol. The Morgan fingerprint density at radius 2 is 1.75 bits per heavy atom. The van der Waals surface area contributed by atoms with Crippen molar-refractivity contribution in [3.05, 3.63) is 73.8 Å². The maximum Gasteiger partial charge on any atom is 0.328 e. The van der Waals surface area contributed by atoms with Crippen LogP contribution in [-0.2, 0) is 16.0 Å². The van der Waals surface area contributed by atoms with Gasteiger partial charge in [-0.15, -0.1) is 0 Å². The number of esters is 1. The van der Waals surface area contributed by atoms with Crippen molar-refractivity contribution < 1.29 is 29.3 Å². The van der Waals surface area contributed by atoms with Crippen molar-refractivity contribution in [1.29, 1.82) is 0 Å².